The molecule has 168 valence electrons. The van der Waals surface area contributed by atoms with Crippen LogP contribution in [0.3, 0.4) is 0 Å². The monoisotopic (exact) mass is 446 g/mol. The predicted molar refractivity (Wildman–Crippen MR) is 119 cm³/mol. The summed E-state index contributed by atoms with van der Waals surface area (Å²) >= 11 is 6.84. The second-order valence-corrected chi connectivity index (χ2v) is 10.9. The molecule has 4 saturated carbocycles. The molecule has 6 rings (SSSR count). The largest absolute Gasteiger partial charge is 0.452 e. The number of halogens is 1. The molecule has 31 heavy (non-hydrogen) atoms. The van der Waals surface area contributed by atoms with Crippen LogP contribution in [-0.4, -0.2) is 49.2 Å². The smallest absolute Gasteiger partial charge is 0.312 e. The van der Waals surface area contributed by atoms with E-state index in [2.05, 4.69) is 10.2 Å². The first-order valence-electron chi connectivity index (χ1n) is 11.5. The summed E-state index contributed by atoms with van der Waals surface area (Å²) in [6.45, 7) is 4.84. The number of anilines is 2. The van der Waals surface area contributed by atoms with Crippen LogP contribution >= 0.6 is 11.6 Å². The minimum atomic E-state index is -0.842. The normalized spacial score (nSPS) is 35.0. The molecule has 1 amide bonds. The number of rotatable bonds is 5. The average Bonchev–Trinajstić information content (AvgIpc) is 2.73. The van der Waals surface area contributed by atoms with Gasteiger partial charge in [-0.2, -0.15) is 0 Å². The summed E-state index contributed by atoms with van der Waals surface area (Å²) in [5.41, 5.74) is 1.30. The third-order valence-corrected chi connectivity index (χ3v) is 8.03. The van der Waals surface area contributed by atoms with Crippen molar-refractivity contribution in [2.24, 2.45) is 17.3 Å². The van der Waals surface area contributed by atoms with Crippen LogP contribution in [-0.2, 0) is 19.1 Å². The molecule has 7 heteroatoms. The van der Waals surface area contributed by atoms with Gasteiger partial charge in [0, 0.05) is 29.3 Å². The van der Waals surface area contributed by atoms with Gasteiger partial charge in [-0.15, -0.1) is 11.6 Å². The minimum absolute atomic E-state index is 0.239. The zero-order valence-corrected chi connectivity index (χ0v) is 18.8. The fraction of sp³-hybridized carbons (Fsp3) is 0.667. The Kier molecular flexibility index (Phi) is 5.41. The number of nitrogens with zero attached hydrogens (tertiary/aromatic N) is 1. The van der Waals surface area contributed by atoms with Crippen LogP contribution in [0.1, 0.15) is 45.4 Å². The standard InChI is InChI=1S/C24H31ClN2O4/c1-16(21(28)26-19-2-4-20(5-3-19)27-6-8-30-9-7-27)31-22(29)23-11-17-10-18(12-23)14-24(25,13-17)15-23/h2-5,16-18H,6-15H2,1H3,(H,26,28)/t16-,17+,18+,23?,24?/m0/s1. The summed E-state index contributed by atoms with van der Waals surface area (Å²) in [6.07, 6.45) is 4.76. The molecule has 1 aromatic rings. The van der Waals surface area contributed by atoms with Crippen LogP contribution in [0.25, 0.3) is 0 Å². The Balaban J connectivity index is 1.18. The molecule has 6 nitrogen and oxygen atoms in total. The average molecular weight is 447 g/mol. The Morgan fingerprint density at radius 3 is 2.39 bits per heavy atom. The summed E-state index contributed by atoms with van der Waals surface area (Å²) in [5.74, 6) is 0.482. The number of morpholine rings is 1. The molecule has 1 aromatic carbocycles. The Morgan fingerprint density at radius 2 is 1.77 bits per heavy atom. The van der Waals surface area contributed by atoms with Gasteiger partial charge in [0.2, 0.25) is 0 Å². The molecule has 0 aromatic heterocycles. The number of alkyl halides is 1. The van der Waals surface area contributed by atoms with Crippen LogP contribution in [0.5, 0.6) is 0 Å². The van der Waals surface area contributed by atoms with E-state index < -0.39 is 11.5 Å². The first-order valence-corrected chi connectivity index (χ1v) is 11.9. The maximum Gasteiger partial charge on any atom is 0.312 e. The highest BCUT2D eigenvalue weighted by atomic mass is 35.5. The molecule has 4 bridgehead atoms. The van der Waals surface area contributed by atoms with Gasteiger partial charge in [0.05, 0.1) is 18.6 Å². The number of hydrogen-bond acceptors (Lipinski definition) is 5. The predicted octanol–water partition coefficient (Wildman–Crippen LogP) is 3.97. The van der Waals surface area contributed by atoms with Crippen molar-refractivity contribution in [3.63, 3.8) is 0 Å². The van der Waals surface area contributed by atoms with Gasteiger partial charge in [-0.25, -0.2) is 0 Å². The van der Waals surface area contributed by atoms with E-state index in [4.69, 9.17) is 21.1 Å². The number of ether oxygens (including phenoxy) is 2. The van der Waals surface area contributed by atoms with E-state index in [9.17, 15) is 9.59 Å². The van der Waals surface area contributed by atoms with Crippen LogP contribution in [0, 0.1) is 17.3 Å². The molecule has 0 radical (unpaired) electrons. The Morgan fingerprint density at radius 1 is 1.13 bits per heavy atom. The van der Waals surface area contributed by atoms with Crippen molar-refractivity contribution in [1.29, 1.82) is 0 Å². The lowest BCUT2D eigenvalue weighted by Crippen LogP contribution is -2.57. The topological polar surface area (TPSA) is 67.9 Å². The van der Waals surface area contributed by atoms with E-state index in [-0.39, 0.29) is 16.8 Å². The number of benzene rings is 1. The van der Waals surface area contributed by atoms with E-state index in [0.717, 1.165) is 57.7 Å². The molecule has 5 aliphatic rings. The molecule has 1 aliphatic heterocycles. The lowest BCUT2D eigenvalue weighted by molar-refractivity contribution is -0.176. The van der Waals surface area contributed by atoms with Gasteiger partial charge in [-0.1, -0.05) is 0 Å². The van der Waals surface area contributed by atoms with Crippen molar-refractivity contribution < 1.29 is 19.1 Å². The van der Waals surface area contributed by atoms with Crippen molar-refractivity contribution in [2.45, 2.75) is 56.4 Å². The quantitative estimate of drug-likeness (QED) is 0.547. The Bertz CT molecular complexity index is 838. The highest BCUT2D eigenvalue weighted by molar-refractivity contribution is 6.24. The van der Waals surface area contributed by atoms with Crippen molar-refractivity contribution in [3.8, 4) is 0 Å². The fourth-order valence-corrected chi connectivity index (χ4v) is 7.24. The highest BCUT2D eigenvalue weighted by Gasteiger charge is 2.61. The lowest BCUT2D eigenvalue weighted by Gasteiger charge is -2.58. The first-order chi connectivity index (χ1) is 14.8. The number of nitrogens with one attached hydrogen (secondary N) is 1. The maximum atomic E-state index is 13.1. The van der Waals surface area contributed by atoms with Crippen molar-refractivity contribution in [1.82, 2.24) is 0 Å². The molecule has 0 spiro atoms. The zero-order chi connectivity index (χ0) is 21.6. The number of carbonyl (C=O) groups is 2. The lowest BCUT2D eigenvalue weighted by atomic mass is 9.49. The summed E-state index contributed by atoms with van der Waals surface area (Å²) < 4.78 is 11.1. The second kappa shape index (κ2) is 7.96. The molecule has 1 N–H and O–H groups in total. The number of esters is 1. The summed E-state index contributed by atoms with van der Waals surface area (Å²) in [5, 5.41) is 2.87. The minimum Gasteiger partial charge on any atom is -0.452 e. The van der Waals surface area contributed by atoms with Gasteiger partial charge in [0.1, 0.15) is 0 Å². The molecule has 5 fully saturated rings. The summed E-state index contributed by atoms with van der Waals surface area (Å²) in [7, 11) is 0. The molecule has 4 aliphatic carbocycles. The number of amides is 1. The Labute approximate surface area is 188 Å². The zero-order valence-electron chi connectivity index (χ0n) is 18.1. The van der Waals surface area contributed by atoms with Crippen LogP contribution < -0.4 is 10.2 Å². The number of carbonyl (C=O) groups excluding carboxylic acids is 2. The fourth-order valence-electron chi connectivity index (χ4n) is 6.55. The van der Waals surface area contributed by atoms with Crippen molar-refractivity contribution in [3.05, 3.63) is 24.3 Å². The van der Waals surface area contributed by atoms with Crippen LogP contribution in [0.4, 0.5) is 11.4 Å². The van der Waals surface area contributed by atoms with E-state index in [0.29, 0.717) is 23.9 Å². The van der Waals surface area contributed by atoms with Gasteiger partial charge in [0.15, 0.2) is 6.10 Å². The van der Waals surface area contributed by atoms with Crippen LogP contribution in [0.2, 0.25) is 0 Å². The third kappa shape index (κ3) is 4.17. The van der Waals surface area contributed by atoms with E-state index in [1.54, 1.807) is 6.92 Å². The van der Waals surface area contributed by atoms with Gasteiger partial charge < -0.3 is 19.7 Å². The molecule has 1 heterocycles. The molecular formula is C24H31ClN2O4. The number of hydrogen-bond donors (Lipinski definition) is 1. The second-order valence-electron chi connectivity index (χ2n) is 10.1. The van der Waals surface area contributed by atoms with Crippen LogP contribution in [0.15, 0.2) is 24.3 Å². The summed E-state index contributed by atoms with van der Waals surface area (Å²) in [4.78, 5) is 27.8. The summed E-state index contributed by atoms with van der Waals surface area (Å²) in [6, 6.07) is 7.75. The third-order valence-electron chi connectivity index (χ3n) is 7.59. The maximum absolute atomic E-state index is 13.1. The molecule has 1 saturated heterocycles. The Hall–Kier alpha value is -1.79. The van der Waals surface area contributed by atoms with E-state index in [1.165, 1.54) is 6.42 Å². The van der Waals surface area contributed by atoms with E-state index >= 15 is 0 Å². The van der Waals surface area contributed by atoms with Gasteiger partial charge in [-0.3, -0.25) is 9.59 Å². The van der Waals surface area contributed by atoms with E-state index in [1.807, 2.05) is 24.3 Å². The highest BCUT2D eigenvalue weighted by Crippen LogP contribution is 2.64. The molecular weight excluding hydrogens is 416 g/mol. The van der Waals surface area contributed by atoms with Gasteiger partial charge in [-0.05, 0) is 81.5 Å². The molecule has 3 atom stereocenters. The van der Waals surface area contributed by atoms with Gasteiger partial charge >= 0.3 is 5.97 Å². The van der Waals surface area contributed by atoms with Gasteiger partial charge in [0.25, 0.3) is 5.91 Å². The van der Waals surface area contributed by atoms with Crippen molar-refractivity contribution >= 4 is 34.9 Å². The SMILES string of the molecule is C[C@H](OC(=O)C12C[C@H]3C[C@@H](CC(Cl)(C3)C1)C2)C(=O)Nc1ccc(N2CCOCC2)cc1. The molecule has 0 unspecified atom stereocenters. The van der Waals surface area contributed by atoms with Crippen molar-refractivity contribution in [2.75, 3.05) is 36.5 Å². The first kappa shape index (κ1) is 21.1.